The minimum atomic E-state index is -0.750. The third-order valence-corrected chi connectivity index (χ3v) is 0.548. The Morgan fingerprint density at radius 3 is 0.824 bits per heavy atom. The molecule has 0 spiro atoms. The first-order chi connectivity index (χ1) is 6.54. The van der Waals surface area contributed by atoms with E-state index in [2.05, 4.69) is 9.78 Å². The average molecular weight is 290 g/mol. The molecule has 0 rings (SSSR count). The molecule has 0 saturated carbocycles. The van der Waals surface area contributed by atoms with Crippen LogP contribution in [-0.4, -0.2) is 30.8 Å². The van der Waals surface area contributed by atoms with Crippen molar-refractivity contribution in [3.05, 3.63) is 0 Å². The quantitative estimate of drug-likeness (QED) is 0.207. The van der Waals surface area contributed by atoms with E-state index in [4.69, 9.17) is 19.6 Å². The fourth-order valence-electron chi connectivity index (χ4n) is 0. The fraction of sp³-hybridized carbons (Fsp3) is 1.00. The summed E-state index contributed by atoms with van der Waals surface area (Å²) in [7, 11) is 0. The molecule has 0 aliphatic heterocycles. The van der Waals surface area contributed by atoms with Gasteiger partial charge in [-0.2, -0.15) is 0 Å². The van der Waals surface area contributed by atoms with Crippen LogP contribution in [0.3, 0.4) is 0 Å². The molecule has 0 heterocycles. The smallest absolute Gasteiger partial charge is 0.811 e. The number of hydrogen-bond donors (Lipinski definition) is 2. The molecule has 0 aromatic rings. The molecular formula is C8H20Na2O6S. The van der Waals surface area contributed by atoms with Crippen LogP contribution >= 0.6 is 12.3 Å². The molecule has 0 bridgehead atoms. The van der Waals surface area contributed by atoms with Crippen LogP contribution in [0.15, 0.2) is 0 Å². The molecule has 0 fully saturated rings. The Balaban J connectivity index is -0.0000000421. The molecule has 0 amide bonds. The predicted molar refractivity (Wildman–Crippen MR) is 56.1 cm³/mol. The van der Waals surface area contributed by atoms with E-state index in [-0.39, 0.29) is 59.1 Å². The van der Waals surface area contributed by atoms with E-state index in [1.807, 2.05) is 0 Å². The third-order valence-electron chi connectivity index (χ3n) is 0.548. The van der Waals surface area contributed by atoms with E-state index in [0.717, 1.165) is 0 Å². The minimum Gasteiger partial charge on any atom is -0.811 e. The van der Waals surface area contributed by atoms with E-state index in [9.17, 15) is 0 Å². The van der Waals surface area contributed by atoms with Gasteiger partial charge in [0.2, 0.25) is 0 Å². The molecule has 0 unspecified atom stereocenters. The van der Waals surface area contributed by atoms with Gasteiger partial charge in [-0.1, -0.05) is 0 Å². The molecule has 2 N–H and O–H groups in total. The van der Waals surface area contributed by atoms with Crippen molar-refractivity contribution in [2.75, 3.05) is 0 Å². The molecule has 0 aliphatic carbocycles. The second kappa shape index (κ2) is 18.1. The zero-order valence-electron chi connectivity index (χ0n) is 11.9. The van der Waals surface area contributed by atoms with Crippen LogP contribution in [0, 0.1) is 0 Å². The molecule has 17 heavy (non-hydrogen) atoms. The second-order valence-corrected chi connectivity index (χ2v) is 4.61. The number of hydrogen-bond acceptors (Lipinski definition) is 7. The molecule has 0 aliphatic rings. The Hall–Kier alpha value is 2.11. The molecule has 0 aromatic heterocycles. The zero-order chi connectivity index (χ0) is 13.1. The van der Waals surface area contributed by atoms with Gasteiger partial charge >= 0.3 is 59.1 Å². The van der Waals surface area contributed by atoms with Crippen molar-refractivity contribution in [1.29, 1.82) is 0 Å². The number of rotatable bonds is 0. The first-order valence-electron chi connectivity index (χ1n) is 4.11. The fourth-order valence-corrected chi connectivity index (χ4v) is 0. The van der Waals surface area contributed by atoms with Crippen LogP contribution in [0.25, 0.3) is 0 Å². The van der Waals surface area contributed by atoms with Crippen molar-refractivity contribution in [1.82, 2.24) is 0 Å². The van der Waals surface area contributed by atoms with Crippen LogP contribution in [0.5, 0.6) is 0 Å². The standard InChI is InChI=1S/2C4H10O2.2Na.H2O2S/c2*1-4(2,3)6-5;;;1-3-2/h2*5H,1-3H3;;;1-2H/q;;2*+1;/p-2. The van der Waals surface area contributed by atoms with Crippen molar-refractivity contribution in [2.45, 2.75) is 52.7 Å². The molecule has 0 atom stereocenters. The SMILES string of the molecule is CC(C)(C)OO.CC(C)(C)OO.[Na+].[Na+].[O-]S[O-]. The molecule has 0 aromatic carbocycles. The summed E-state index contributed by atoms with van der Waals surface area (Å²) in [4.78, 5) is 7.88. The zero-order valence-corrected chi connectivity index (χ0v) is 16.8. The summed E-state index contributed by atoms with van der Waals surface area (Å²) in [6, 6.07) is 0. The van der Waals surface area contributed by atoms with Crippen LogP contribution in [0.2, 0.25) is 0 Å². The van der Waals surface area contributed by atoms with Gasteiger partial charge in [-0.25, -0.2) is 9.78 Å². The van der Waals surface area contributed by atoms with Crippen molar-refractivity contribution in [3.63, 3.8) is 0 Å². The maximum atomic E-state index is 8.29. The Morgan fingerprint density at radius 1 is 0.765 bits per heavy atom. The van der Waals surface area contributed by atoms with Crippen LogP contribution < -0.4 is 59.1 Å². The maximum absolute atomic E-state index is 8.29. The van der Waals surface area contributed by atoms with Crippen molar-refractivity contribution >= 4 is 12.3 Å². The van der Waals surface area contributed by atoms with Gasteiger partial charge in [0.05, 0.1) is 11.2 Å². The van der Waals surface area contributed by atoms with E-state index >= 15 is 0 Å². The average Bonchev–Trinajstić information content (AvgIpc) is 2.04. The third kappa shape index (κ3) is 71.5. The summed E-state index contributed by atoms with van der Waals surface area (Å²) < 4.78 is 16.6. The van der Waals surface area contributed by atoms with Gasteiger partial charge < -0.3 is 21.4 Å². The Kier molecular flexibility index (Phi) is 33.5. The normalized spacial score (nSPS) is 9.53. The largest absolute Gasteiger partial charge is 1.00 e. The molecule has 6 nitrogen and oxygen atoms in total. The van der Waals surface area contributed by atoms with E-state index in [1.165, 1.54) is 0 Å². The first kappa shape index (κ1) is 31.5. The summed E-state index contributed by atoms with van der Waals surface area (Å²) >= 11 is -0.750. The van der Waals surface area contributed by atoms with Gasteiger partial charge in [-0.15, -0.1) is 0 Å². The van der Waals surface area contributed by atoms with Crippen molar-refractivity contribution < 1.29 is 88.5 Å². The van der Waals surface area contributed by atoms with Crippen LogP contribution in [0.4, 0.5) is 0 Å². The minimum absolute atomic E-state index is 0. The predicted octanol–water partition coefficient (Wildman–Crippen LogP) is -3.46. The maximum Gasteiger partial charge on any atom is 1.00 e. The first-order valence-corrected chi connectivity index (χ1v) is 4.77. The van der Waals surface area contributed by atoms with E-state index < -0.39 is 23.5 Å². The summed E-state index contributed by atoms with van der Waals surface area (Å²) in [6.45, 7) is 10.6. The van der Waals surface area contributed by atoms with Gasteiger partial charge in [-0.3, -0.25) is 10.5 Å². The van der Waals surface area contributed by atoms with Crippen LogP contribution in [0.1, 0.15) is 41.5 Å². The molecule has 0 radical (unpaired) electrons. The monoisotopic (exact) mass is 290 g/mol. The molecular weight excluding hydrogens is 270 g/mol. The van der Waals surface area contributed by atoms with E-state index in [0.29, 0.717) is 0 Å². The topological polar surface area (TPSA) is 105 Å². The van der Waals surface area contributed by atoms with Gasteiger partial charge in [0.15, 0.2) is 0 Å². The molecule has 96 valence electrons. The summed E-state index contributed by atoms with van der Waals surface area (Å²) in [5.41, 5.74) is -0.806. The Labute approximate surface area is 152 Å². The van der Waals surface area contributed by atoms with Crippen molar-refractivity contribution in [3.8, 4) is 0 Å². The van der Waals surface area contributed by atoms with Gasteiger partial charge in [0.1, 0.15) is 0 Å². The summed E-state index contributed by atoms with van der Waals surface area (Å²) in [6.07, 6.45) is 0. The molecule has 0 saturated heterocycles. The van der Waals surface area contributed by atoms with Crippen LogP contribution in [-0.2, 0) is 9.78 Å². The second-order valence-electron chi connectivity index (χ2n) is 4.48. The van der Waals surface area contributed by atoms with Gasteiger partial charge in [0.25, 0.3) is 0 Å². The molecule has 9 heteroatoms. The van der Waals surface area contributed by atoms with Gasteiger partial charge in [-0.05, 0) is 41.5 Å². The van der Waals surface area contributed by atoms with E-state index in [1.54, 1.807) is 41.5 Å². The summed E-state index contributed by atoms with van der Waals surface area (Å²) in [5.74, 6) is 0. The Morgan fingerprint density at radius 2 is 0.824 bits per heavy atom. The van der Waals surface area contributed by atoms with Gasteiger partial charge in [0, 0.05) is 0 Å². The Bertz CT molecular complexity index is 112. The summed E-state index contributed by atoms with van der Waals surface area (Å²) in [5, 5.41) is 15.8. The van der Waals surface area contributed by atoms with Crippen molar-refractivity contribution in [2.24, 2.45) is 0 Å².